The summed E-state index contributed by atoms with van der Waals surface area (Å²) in [5.41, 5.74) is 3.01. The summed E-state index contributed by atoms with van der Waals surface area (Å²) >= 11 is 1.57. The second kappa shape index (κ2) is 8.07. The van der Waals surface area contributed by atoms with E-state index in [9.17, 15) is 9.59 Å². The van der Waals surface area contributed by atoms with Gasteiger partial charge in [-0.1, -0.05) is 0 Å². The molecule has 0 spiro atoms. The SMILES string of the molecule is CSCCC(NC(=O)CCc1c(C)nn(C)c1C)C(=O)O. The van der Waals surface area contributed by atoms with Gasteiger partial charge in [0.1, 0.15) is 6.04 Å². The molecule has 1 atom stereocenters. The average molecular weight is 313 g/mol. The first kappa shape index (κ1) is 17.6. The molecule has 0 saturated carbocycles. The van der Waals surface area contributed by atoms with Crippen molar-refractivity contribution < 1.29 is 14.7 Å². The molecule has 1 amide bonds. The Labute approximate surface area is 129 Å². The number of carbonyl (C=O) groups excluding carboxylic acids is 1. The molecule has 0 radical (unpaired) electrons. The van der Waals surface area contributed by atoms with Crippen LogP contribution in [-0.2, 0) is 23.1 Å². The molecule has 6 nitrogen and oxygen atoms in total. The van der Waals surface area contributed by atoms with Crippen LogP contribution in [0.1, 0.15) is 29.8 Å². The van der Waals surface area contributed by atoms with Crippen LogP contribution in [0.2, 0.25) is 0 Å². The molecule has 21 heavy (non-hydrogen) atoms. The van der Waals surface area contributed by atoms with Gasteiger partial charge < -0.3 is 10.4 Å². The predicted molar refractivity (Wildman–Crippen MR) is 83.6 cm³/mol. The molecule has 0 fully saturated rings. The molecule has 1 rings (SSSR count). The number of nitrogens with zero attached hydrogens (tertiary/aromatic N) is 2. The Hall–Kier alpha value is -1.50. The summed E-state index contributed by atoms with van der Waals surface area (Å²) in [5.74, 6) is -0.504. The molecule has 1 aromatic rings. The van der Waals surface area contributed by atoms with Crippen molar-refractivity contribution >= 4 is 23.6 Å². The summed E-state index contributed by atoms with van der Waals surface area (Å²) in [6.07, 6.45) is 3.20. The van der Waals surface area contributed by atoms with Gasteiger partial charge in [0.05, 0.1) is 5.69 Å². The maximum atomic E-state index is 11.9. The molecule has 2 N–H and O–H groups in total. The molecular weight excluding hydrogens is 290 g/mol. The van der Waals surface area contributed by atoms with E-state index < -0.39 is 12.0 Å². The first-order chi connectivity index (χ1) is 9.86. The second-order valence-electron chi connectivity index (χ2n) is 5.01. The van der Waals surface area contributed by atoms with Gasteiger partial charge in [0.25, 0.3) is 0 Å². The molecule has 1 aromatic heterocycles. The molecule has 118 valence electrons. The number of hydrogen-bond acceptors (Lipinski definition) is 4. The number of carboxylic acids is 1. The number of nitrogens with one attached hydrogen (secondary N) is 1. The zero-order valence-electron chi connectivity index (χ0n) is 13.0. The Kier molecular flexibility index (Phi) is 6.74. The van der Waals surface area contributed by atoms with E-state index in [2.05, 4.69) is 10.4 Å². The zero-order chi connectivity index (χ0) is 16.0. The third-order valence-electron chi connectivity index (χ3n) is 3.50. The van der Waals surface area contributed by atoms with Crippen LogP contribution >= 0.6 is 11.8 Å². The van der Waals surface area contributed by atoms with Crippen molar-refractivity contribution in [1.82, 2.24) is 15.1 Å². The summed E-state index contributed by atoms with van der Waals surface area (Å²) in [6, 6.07) is -0.805. The minimum absolute atomic E-state index is 0.230. The molecular formula is C14H23N3O3S. The first-order valence-electron chi connectivity index (χ1n) is 6.87. The average Bonchev–Trinajstić information content (AvgIpc) is 2.66. The van der Waals surface area contributed by atoms with Gasteiger partial charge in [-0.05, 0) is 44.3 Å². The van der Waals surface area contributed by atoms with Crippen molar-refractivity contribution in [2.45, 2.75) is 39.2 Å². The Balaban J connectivity index is 2.54. The summed E-state index contributed by atoms with van der Waals surface area (Å²) < 4.78 is 1.79. The molecule has 0 aliphatic rings. The van der Waals surface area contributed by atoms with Gasteiger partial charge in [-0.3, -0.25) is 9.48 Å². The number of carbonyl (C=O) groups is 2. The van der Waals surface area contributed by atoms with Crippen molar-refractivity contribution in [1.29, 1.82) is 0 Å². The van der Waals surface area contributed by atoms with Crippen molar-refractivity contribution in [3.8, 4) is 0 Å². The second-order valence-corrected chi connectivity index (χ2v) is 6.00. The van der Waals surface area contributed by atoms with Gasteiger partial charge in [0.2, 0.25) is 5.91 Å². The number of amides is 1. The monoisotopic (exact) mass is 313 g/mol. The summed E-state index contributed by atoms with van der Waals surface area (Å²) in [6.45, 7) is 3.88. The summed E-state index contributed by atoms with van der Waals surface area (Å²) in [7, 11) is 1.87. The maximum absolute atomic E-state index is 11.9. The molecule has 0 saturated heterocycles. The zero-order valence-corrected chi connectivity index (χ0v) is 13.8. The largest absolute Gasteiger partial charge is 0.480 e. The smallest absolute Gasteiger partial charge is 0.326 e. The van der Waals surface area contributed by atoms with E-state index in [1.165, 1.54) is 0 Å². The third-order valence-corrected chi connectivity index (χ3v) is 4.15. The predicted octanol–water partition coefficient (Wildman–Crippen LogP) is 1.29. The van der Waals surface area contributed by atoms with Crippen LogP contribution in [0, 0.1) is 13.8 Å². The van der Waals surface area contributed by atoms with Crippen molar-refractivity contribution in [2.75, 3.05) is 12.0 Å². The highest BCUT2D eigenvalue weighted by atomic mass is 32.2. The number of carboxylic acid groups (broad SMARTS) is 1. The highest BCUT2D eigenvalue weighted by Crippen LogP contribution is 2.14. The van der Waals surface area contributed by atoms with Crippen LogP contribution in [0.15, 0.2) is 0 Å². The quantitative estimate of drug-likeness (QED) is 0.755. The molecule has 0 aliphatic carbocycles. The number of hydrogen-bond donors (Lipinski definition) is 2. The Morgan fingerprint density at radius 2 is 2.10 bits per heavy atom. The van der Waals surface area contributed by atoms with E-state index in [1.807, 2.05) is 27.2 Å². The van der Waals surface area contributed by atoms with E-state index >= 15 is 0 Å². The number of thioether (sulfide) groups is 1. The fourth-order valence-electron chi connectivity index (χ4n) is 2.18. The van der Waals surface area contributed by atoms with Crippen LogP contribution < -0.4 is 5.32 Å². The standard InChI is InChI=1S/C14H23N3O3S/c1-9-11(10(2)17(3)16-9)5-6-13(18)15-12(14(19)20)7-8-21-4/h12H,5-8H2,1-4H3,(H,15,18)(H,19,20). The van der Waals surface area contributed by atoms with Gasteiger partial charge in [-0.2, -0.15) is 16.9 Å². The number of aromatic nitrogens is 2. The lowest BCUT2D eigenvalue weighted by Gasteiger charge is -2.13. The fraction of sp³-hybridized carbons (Fsp3) is 0.643. The van der Waals surface area contributed by atoms with Gasteiger partial charge in [-0.15, -0.1) is 0 Å². The number of rotatable bonds is 8. The molecule has 0 aromatic carbocycles. The van der Waals surface area contributed by atoms with Gasteiger partial charge in [-0.25, -0.2) is 4.79 Å². The summed E-state index contributed by atoms with van der Waals surface area (Å²) in [4.78, 5) is 23.0. The van der Waals surface area contributed by atoms with Crippen molar-refractivity contribution in [3.63, 3.8) is 0 Å². The Morgan fingerprint density at radius 1 is 1.43 bits per heavy atom. The summed E-state index contributed by atoms with van der Waals surface area (Å²) in [5, 5.41) is 16.0. The van der Waals surface area contributed by atoms with Crippen LogP contribution in [0.3, 0.4) is 0 Å². The van der Waals surface area contributed by atoms with Crippen molar-refractivity contribution in [3.05, 3.63) is 17.0 Å². The van der Waals surface area contributed by atoms with Crippen LogP contribution in [-0.4, -0.2) is 44.8 Å². The van der Waals surface area contributed by atoms with Crippen molar-refractivity contribution in [2.24, 2.45) is 7.05 Å². The Morgan fingerprint density at radius 3 is 2.57 bits per heavy atom. The van der Waals surface area contributed by atoms with Gasteiger partial charge in [0.15, 0.2) is 0 Å². The molecule has 1 heterocycles. The highest BCUT2D eigenvalue weighted by molar-refractivity contribution is 7.98. The third kappa shape index (κ3) is 5.08. The van der Waals surface area contributed by atoms with Crippen LogP contribution in [0.5, 0.6) is 0 Å². The van der Waals surface area contributed by atoms with E-state index in [4.69, 9.17) is 5.11 Å². The van der Waals surface area contributed by atoms with E-state index in [0.717, 1.165) is 17.0 Å². The minimum atomic E-state index is -0.980. The minimum Gasteiger partial charge on any atom is -0.480 e. The maximum Gasteiger partial charge on any atom is 0.326 e. The number of aryl methyl sites for hydroxylation is 2. The topological polar surface area (TPSA) is 84.2 Å². The first-order valence-corrected chi connectivity index (χ1v) is 8.26. The van der Waals surface area contributed by atoms with Crippen LogP contribution in [0.25, 0.3) is 0 Å². The van der Waals surface area contributed by atoms with E-state index in [1.54, 1.807) is 16.4 Å². The molecule has 0 aliphatic heterocycles. The Bertz CT molecular complexity index is 514. The lowest BCUT2D eigenvalue weighted by molar-refractivity contribution is -0.141. The van der Waals surface area contributed by atoms with E-state index in [-0.39, 0.29) is 12.3 Å². The number of aliphatic carboxylic acids is 1. The molecule has 7 heteroatoms. The lowest BCUT2D eigenvalue weighted by Crippen LogP contribution is -2.41. The van der Waals surface area contributed by atoms with Gasteiger partial charge in [0, 0.05) is 19.2 Å². The molecule has 0 bridgehead atoms. The van der Waals surface area contributed by atoms with E-state index in [0.29, 0.717) is 18.6 Å². The normalized spacial score (nSPS) is 12.2. The fourth-order valence-corrected chi connectivity index (χ4v) is 2.65. The van der Waals surface area contributed by atoms with Gasteiger partial charge >= 0.3 is 5.97 Å². The lowest BCUT2D eigenvalue weighted by atomic mass is 10.1. The highest BCUT2D eigenvalue weighted by Gasteiger charge is 2.19. The molecule has 1 unspecified atom stereocenters. The van der Waals surface area contributed by atoms with Crippen LogP contribution in [0.4, 0.5) is 0 Å².